The highest BCUT2D eigenvalue weighted by atomic mass is 32.1. The van der Waals surface area contributed by atoms with Gasteiger partial charge in [-0.3, -0.25) is 0 Å². The molecule has 5 heteroatoms. The molecule has 4 nitrogen and oxygen atoms in total. The zero-order chi connectivity index (χ0) is 11.4. The van der Waals surface area contributed by atoms with Crippen molar-refractivity contribution < 1.29 is 0 Å². The zero-order valence-electron chi connectivity index (χ0n) is 9.13. The van der Waals surface area contributed by atoms with Gasteiger partial charge in [-0.25, -0.2) is 9.97 Å². The Labute approximate surface area is 98.8 Å². The number of hydrogen-bond acceptors (Lipinski definition) is 5. The Morgan fingerprint density at radius 2 is 2.38 bits per heavy atom. The minimum atomic E-state index is 0.626. The molecule has 0 amide bonds. The molecule has 84 valence electrons. The van der Waals surface area contributed by atoms with E-state index in [1.165, 1.54) is 11.2 Å². The Morgan fingerprint density at radius 1 is 1.50 bits per heavy atom. The van der Waals surface area contributed by atoms with E-state index in [0.29, 0.717) is 5.69 Å². The van der Waals surface area contributed by atoms with Crippen molar-refractivity contribution in [3.63, 3.8) is 0 Å². The van der Waals surface area contributed by atoms with Crippen LogP contribution in [0.4, 0.5) is 11.5 Å². The summed E-state index contributed by atoms with van der Waals surface area (Å²) in [5.74, 6) is 0.811. The van der Waals surface area contributed by atoms with Crippen molar-refractivity contribution in [1.29, 1.82) is 0 Å². The second-order valence-electron chi connectivity index (χ2n) is 3.40. The van der Waals surface area contributed by atoms with Gasteiger partial charge in [0.15, 0.2) is 5.82 Å². The number of nitrogen functional groups attached to an aromatic ring is 1. The smallest absolute Gasteiger partial charge is 0.155 e. The Morgan fingerprint density at radius 3 is 3.00 bits per heavy atom. The predicted molar refractivity (Wildman–Crippen MR) is 67.5 cm³/mol. The van der Waals surface area contributed by atoms with Gasteiger partial charge in [0.05, 0.1) is 18.4 Å². The highest BCUT2D eigenvalue weighted by Gasteiger charge is 2.10. The van der Waals surface area contributed by atoms with Crippen LogP contribution in [0.5, 0.6) is 0 Å². The molecule has 2 heterocycles. The molecule has 2 aromatic heterocycles. The number of aromatic nitrogens is 2. The molecule has 2 rings (SSSR count). The lowest BCUT2D eigenvalue weighted by atomic mass is 10.3. The summed E-state index contributed by atoms with van der Waals surface area (Å²) in [6.07, 6.45) is 3.17. The summed E-state index contributed by atoms with van der Waals surface area (Å²) in [4.78, 5) is 11.6. The fourth-order valence-corrected chi connectivity index (χ4v) is 2.24. The molecule has 0 bridgehead atoms. The fraction of sp³-hybridized carbons (Fsp3) is 0.273. The Kier molecular flexibility index (Phi) is 3.36. The van der Waals surface area contributed by atoms with E-state index in [-0.39, 0.29) is 0 Å². The van der Waals surface area contributed by atoms with E-state index in [1.54, 1.807) is 17.5 Å². The highest BCUT2D eigenvalue weighted by Crippen LogP contribution is 2.21. The summed E-state index contributed by atoms with van der Waals surface area (Å²) in [6, 6.07) is 4.17. The molecular weight excluding hydrogens is 220 g/mol. The average Bonchev–Trinajstić information content (AvgIpc) is 2.80. The second kappa shape index (κ2) is 4.94. The number of thiophene rings is 1. The van der Waals surface area contributed by atoms with E-state index >= 15 is 0 Å². The summed E-state index contributed by atoms with van der Waals surface area (Å²) in [5.41, 5.74) is 6.49. The summed E-state index contributed by atoms with van der Waals surface area (Å²) in [6.45, 7) is 3.81. The first kappa shape index (κ1) is 10.9. The molecule has 2 N–H and O–H groups in total. The first-order valence-electron chi connectivity index (χ1n) is 5.14. The van der Waals surface area contributed by atoms with E-state index in [2.05, 4.69) is 39.3 Å². The maximum atomic E-state index is 5.86. The molecule has 0 radical (unpaired) electrons. The van der Waals surface area contributed by atoms with Gasteiger partial charge in [0, 0.05) is 11.4 Å². The van der Waals surface area contributed by atoms with Crippen LogP contribution in [0.3, 0.4) is 0 Å². The minimum Gasteiger partial charge on any atom is -0.394 e. The number of nitrogens with two attached hydrogens (primary N) is 1. The van der Waals surface area contributed by atoms with Crippen LogP contribution < -0.4 is 10.6 Å². The van der Waals surface area contributed by atoms with Gasteiger partial charge in [-0.15, -0.1) is 11.3 Å². The average molecular weight is 234 g/mol. The Balaban J connectivity index is 2.20. The van der Waals surface area contributed by atoms with Gasteiger partial charge in [-0.05, 0) is 18.4 Å². The molecule has 0 spiro atoms. The third kappa shape index (κ3) is 2.30. The number of hydrogen-bond donors (Lipinski definition) is 1. The van der Waals surface area contributed by atoms with Crippen molar-refractivity contribution >= 4 is 22.8 Å². The molecular formula is C11H14N4S. The van der Waals surface area contributed by atoms with Gasteiger partial charge in [0.1, 0.15) is 6.33 Å². The SMILES string of the molecule is CCN(Cc1cccs1)c1ncncc1N. The van der Waals surface area contributed by atoms with Crippen LogP contribution in [0.1, 0.15) is 11.8 Å². The highest BCUT2D eigenvalue weighted by molar-refractivity contribution is 7.09. The fourth-order valence-electron chi connectivity index (χ4n) is 1.53. The predicted octanol–water partition coefficient (Wildman–Crippen LogP) is 2.15. The van der Waals surface area contributed by atoms with Crippen LogP contribution in [0.15, 0.2) is 30.0 Å². The third-order valence-corrected chi connectivity index (χ3v) is 3.19. The first-order chi connectivity index (χ1) is 7.81. The first-order valence-corrected chi connectivity index (χ1v) is 6.02. The van der Waals surface area contributed by atoms with E-state index < -0.39 is 0 Å². The van der Waals surface area contributed by atoms with Crippen LogP contribution in [-0.4, -0.2) is 16.5 Å². The van der Waals surface area contributed by atoms with Gasteiger partial charge in [-0.2, -0.15) is 0 Å². The maximum Gasteiger partial charge on any atom is 0.155 e. The van der Waals surface area contributed by atoms with Crippen molar-refractivity contribution in [2.75, 3.05) is 17.2 Å². The van der Waals surface area contributed by atoms with Gasteiger partial charge in [0.2, 0.25) is 0 Å². The molecule has 16 heavy (non-hydrogen) atoms. The topological polar surface area (TPSA) is 55.0 Å². The van der Waals surface area contributed by atoms with Crippen LogP contribution >= 0.6 is 11.3 Å². The van der Waals surface area contributed by atoms with Crippen molar-refractivity contribution in [1.82, 2.24) is 9.97 Å². The van der Waals surface area contributed by atoms with Crippen LogP contribution in [-0.2, 0) is 6.54 Å². The lowest BCUT2D eigenvalue weighted by molar-refractivity contribution is 0.821. The molecule has 0 atom stereocenters. The molecule has 0 unspecified atom stereocenters. The van der Waals surface area contributed by atoms with Crippen molar-refractivity contribution in [3.8, 4) is 0 Å². The van der Waals surface area contributed by atoms with Gasteiger partial charge in [0.25, 0.3) is 0 Å². The minimum absolute atomic E-state index is 0.626. The van der Waals surface area contributed by atoms with Crippen molar-refractivity contribution in [2.24, 2.45) is 0 Å². The normalized spacial score (nSPS) is 10.3. The summed E-state index contributed by atoms with van der Waals surface area (Å²) >= 11 is 1.74. The molecule has 0 aliphatic heterocycles. The standard InChI is InChI=1S/C11H14N4S/c1-2-15(7-9-4-3-5-16-9)11-10(12)6-13-8-14-11/h3-6,8H,2,7,12H2,1H3. The van der Waals surface area contributed by atoms with E-state index in [1.807, 2.05) is 0 Å². The van der Waals surface area contributed by atoms with Crippen LogP contribution in [0.2, 0.25) is 0 Å². The molecule has 0 aliphatic rings. The molecule has 0 saturated carbocycles. The van der Waals surface area contributed by atoms with Crippen molar-refractivity contribution in [3.05, 3.63) is 34.9 Å². The molecule has 0 aromatic carbocycles. The van der Waals surface area contributed by atoms with Crippen LogP contribution in [0.25, 0.3) is 0 Å². The zero-order valence-corrected chi connectivity index (χ0v) is 9.94. The Bertz CT molecular complexity index is 441. The summed E-state index contributed by atoms with van der Waals surface area (Å²) in [5, 5.41) is 2.08. The van der Waals surface area contributed by atoms with Gasteiger partial charge >= 0.3 is 0 Å². The van der Waals surface area contributed by atoms with E-state index in [0.717, 1.165) is 18.9 Å². The lowest BCUT2D eigenvalue weighted by Gasteiger charge is -2.22. The Hall–Kier alpha value is -1.62. The molecule has 0 saturated heterocycles. The monoisotopic (exact) mass is 234 g/mol. The van der Waals surface area contributed by atoms with Crippen LogP contribution in [0, 0.1) is 0 Å². The van der Waals surface area contributed by atoms with E-state index in [4.69, 9.17) is 5.73 Å². The lowest BCUT2D eigenvalue weighted by Crippen LogP contribution is -2.23. The summed E-state index contributed by atoms with van der Waals surface area (Å²) < 4.78 is 0. The molecule has 2 aromatic rings. The summed E-state index contributed by atoms with van der Waals surface area (Å²) in [7, 11) is 0. The van der Waals surface area contributed by atoms with Crippen molar-refractivity contribution in [2.45, 2.75) is 13.5 Å². The number of anilines is 2. The van der Waals surface area contributed by atoms with Gasteiger partial charge < -0.3 is 10.6 Å². The second-order valence-corrected chi connectivity index (χ2v) is 4.43. The largest absolute Gasteiger partial charge is 0.394 e. The third-order valence-electron chi connectivity index (χ3n) is 2.33. The van der Waals surface area contributed by atoms with Gasteiger partial charge in [-0.1, -0.05) is 6.07 Å². The molecule has 0 aliphatic carbocycles. The van der Waals surface area contributed by atoms with E-state index in [9.17, 15) is 0 Å². The quantitative estimate of drug-likeness (QED) is 0.880. The molecule has 0 fully saturated rings. The number of rotatable bonds is 4. The number of nitrogens with zero attached hydrogens (tertiary/aromatic N) is 3. The maximum absolute atomic E-state index is 5.86.